The van der Waals surface area contributed by atoms with E-state index in [1.807, 2.05) is 25.1 Å². The minimum absolute atomic E-state index is 0.00343. The van der Waals surface area contributed by atoms with Crippen molar-refractivity contribution in [3.63, 3.8) is 0 Å². The molecule has 2 aromatic heterocycles. The van der Waals surface area contributed by atoms with Gasteiger partial charge in [-0.05, 0) is 55.0 Å². The smallest absolute Gasteiger partial charge is 0.310 e. The lowest BCUT2D eigenvalue weighted by molar-refractivity contribution is -0.144. The van der Waals surface area contributed by atoms with Crippen LogP contribution in [0.5, 0.6) is 0 Å². The highest BCUT2D eigenvalue weighted by Crippen LogP contribution is 2.23. The van der Waals surface area contributed by atoms with Crippen LogP contribution in [0.3, 0.4) is 0 Å². The minimum atomic E-state index is -0.311. The fourth-order valence-electron chi connectivity index (χ4n) is 3.54. The summed E-state index contributed by atoms with van der Waals surface area (Å²) in [6.07, 6.45) is 3.64. The number of carbonyl (C=O) groups excluding carboxylic acids is 1. The van der Waals surface area contributed by atoms with Crippen molar-refractivity contribution < 1.29 is 9.53 Å². The zero-order valence-electron chi connectivity index (χ0n) is 14.7. The van der Waals surface area contributed by atoms with Gasteiger partial charge in [-0.25, -0.2) is 4.98 Å². The standard InChI is InChI=1S/C21H20N2O3/c1-14-4-2-7-19-22-18(12-20(24)23(14)19)13-26-21(25)11-15-8-9-16-5-3-6-17(16)10-15/h2,4,7-10,12H,3,5-6,11,13H2,1H3. The normalized spacial score (nSPS) is 13.0. The number of carbonyl (C=O) groups is 1. The third kappa shape index (κ3) is 3.25. The average Bonchev–Trinajstić information content (AvgIpc) is 3.07. The summed E-state index contributed by atoms with van der Waals surface area (Å²) in [5, 5.41) is 0. The summed E-state index contributed by atoms with van der Waals surface area (Å²) in [7, 11) is 0. The summed E-state index contributed by atoms with van der Waals surface area (Å²) in [6.45, 7) is 1.86. The topological polar surface area (TPSA) is 60.7 Å². The Morgan fingerprint density at radius 3 is 2.88 bits per heavy atom. The first-order valence-corrected chi connectivity index (χ1v) is 8.85. The maximum absolute atomic E-state index is 12.2. The van der Waals surface area contributed by atoms with Crippen molar-refractivity contribution in [2.24, 2.45) is 0 Å². The van der Waals surface area contributed by atoms with E-state index in [-0.39, 0.29) is 24.6 Å². The predicted molar refractivity (Wildman–Crippen MR) is 98.2 cm³/mol. The van der Waals surface area contributed by atoms with E-state index in [2.05, 4.69) is 17.1 Å². The molecule has 3 aromatic rings. The molecule has 4 rings (SSSR count). The van der Waals surface area contributed by atoms with Crippen LogP contribution in [-0.2, 0) is 35.4 Å². The molecular formula is C21H20N2O3. The lowest BCUT2D eigenvalue weighted by Crippen LogP contribution is -2.18. The molecule has 0 aliphatic heterocycles. The van der Waals surface area contributed by atoms with Gasteiger partial charge in [-0.1, -0.05) is 24.3 Å². The molecule has 0 saturated carbocycles. The van der Waals surface area contributed by atoms with Gasteiger partial charge in [0.15, 0.2) is 0 Å². The molecule has 0 saturated heterocycles. The molecule has 0 bridgehead atoms. The van der Waals surface area contributed by atoms with E-state index in [4.69, 9.17) is 4.74 Å². The number of fused-ring (bicyclic) bond motifs is 2. The lowest BCUT2D eigenvalue weighted by Gasteiger charge is -2.08. The van der Waals surface area contributed by atoms with Crippen molar-refractivity contribution in [1.82, 2.24) is 9.38 Å². The number of benzene rings is 1. The highest BCUT2D eigenvalue weighted by Gasteiger charge is 2.13. The molecule has 1 aliphatic rings. The summed E-state index contributed by atoms with van der Waals surface area (Å²) in [6, 6.07) is 13.1. The molecule has 0 amide bonds. The van der Waals surface area contributed by atoms with Gasteiger partial charge in [-0.15, -0.1) is 0 Å². The number of aromatic nitrogens is 2. The number of esters is 1. The predicted octanol–water partition coefficient (Wildman–Crippen LogP) is 2.78. The largest absolute Gasteiger partial charge is 0.459 e. The SMILES string of the molecule is Cc1cccc2nc(COC(=O)Cc3ccc4c(c3)CCC4)cc(=O)n12. The van der Waals surface area contributed by atoms with Crippen molar-refractivity contribution in [1.29, 1.82) is 0 Å². The maximum atomic E-state index is 12.2. The first-order chi connectivity index (χ1) is 12.6. The Kier molecular flexibility index (Phi) is 4.29. The van der Waals surface area contributed by atoms with Crippen molar-refractivity contribution in [3.8, 4) is 0 Å². The molecule has 0 radical (unpaired) electrons. The quantitative estimate of drug-likeness (QED) is 0.680. The molecule has 5 nitrogen and oxygen atoms in total. The first kappa shape index (κ1) is 16.5. The van der Waals surface area contributed by atoms with E-state index in [0.717, 1.165) is 24.1 Å². The number of hydrogen-bond donors (Lipinski definition) is 0. The van der Waals surface area contributed by atoms with Gasteiger partial charge >= 0.3 is 5.97 Å². The Hall–Kier alpha value is -2.95. The van der Waals surface area contributed by atoms with Gasteiger partial charge in [0, 0.05) is 11.8 Å². The molecule has 26 heavy (non-hydrogen) atoms. The van der Waals surface area contributed by atoms with Gasteiger partial charge in [0.2, 0.25) is 0 Å². The van der Waals surface area contributed by atoms with Crippen LogP contribution < -0.4 is 5.56 Å². The molecule has 2 heterocycles. The van der Waals surface area contributed by atoms with Crippen LogP contribution in [0.15, 0.2) is 47.3 Å². The second-order valence-electron chi connectivity index (χ2n) is 6.74. The highest BCUT2D eigenvalue weighted by molar-refractivity contribution is 5.72. The first-order valence-electron chi connectivity index (χ1n) is 8.85. The van der Waals surface area contributed by atoms with Crippen LogP contribution in [0.2, 0.25) is 0 Å². The Labute approximate surface area is 151 Å². The summed E-state index contributed by atoms with van der Waals surface area (Å²) >= 11 is 0. The number of rotatable bonds is 4. The van der Waals surface area contributed by atoms with Gasteiger partial charge < -0.3 is 4.74 Å². The van der Waals surface area contributed by atoms with Crippen LogP contribution in [0.1, 0.15) is 34.5 Å². The summed E-state index contributed by atoms with van der Waals surface area (Å²) in [5.41, 5.74) is 5.37. The maximum Gasteiger partial charge on any atom is 0.310 e. The van der Waals surface area contributed by atoms with Crippen LogP contribution in [0, 0.1) is 6.92 Å². The van der Waals surface area contributed by atoms with Crippen LogP contribution in [-0.4, -0.2) is 15.4 Å². The molecule has 132 valence electrons. The molecule has 0 spiro atoms. The van der Waals surface area contributed by atoms with Gasteiger partial charge in [-0.2, -0.15) is 0 Å². The highest BCUT2D eigenvalue weighted by atomic mass is 16.5. The Balaban J connectivity index is 1.44. The van der Waals surface area contributed by atoms with E-state index in [1.165, 1.54) is 28.0 Å². The van der Waals surface area contributed by atoms with Crippen molar-refractivity contribution in [3.05, 3.63) is 80.9 Å². The zero-order valence-corrected chi connectivity index (χ0v) is 14.7. The summed E-state index contributed by atoms with van der Waals surface area (Å²) < 4.78 is 6.87. The van der Waals surface area contributed by atoms with Crippen LogP contribution in [0.25, 0.3) is 5.65 Å². The molecule has 0 unspecified atom stereocenters. The molecule has 1 aliphatic carbocycles. The fourth-order valence-corrected chi connectivity index (χ4v) is 3.54. The molecule has 1 aromatic carbocycles. The fraction of sp³-hybridized carbons (Fsp3) is 0.286. The molecular weight excluding hydrogens is 328 g/mol. The third-order valence-corrected chi connectivity index (χ3v) is 4.83. The third-order valence-electron chi connectivity index (χ3n) is 4.83. The van der Waals surface area contributed by atoms with Gasteiger partial charge in [0.05, 0.1) is 12.1 Å². The number of nitrogens with zero attached hydrogens (tertiary/aromatic N) is 2. The number of ether oxygens (including phenoxy) is 1. The van der Waals surface area contributed by atoms with E-state index in [0.29, 0.717) is 11.3 Å². The van der Waals surface area contributed by atoms with Crippen molar-refractivity contribution in [2.75, 3.05) is 0 Å². The Morgan fingerprint density at radius 1 is 1.15 bits per heavy atom. The zero-order chi connectivity index (χ0) is 18.1. The van der Waals surface area contributed by atoms with Gasteiger partial charge in [0.25, 0.3) is 5.56 Å². The van der Waals surface area contributed by atoms with Gasteiger partial charge in [-0.3, -0.25) is 14.0 Å². The summed E-state index contributed by atoms with van der Waals surface area (Å²) in [4.78, 5) is 28.8. The van der Waals surface area contributed by atoms with E-state index < -0.39 is 0 Å². The second-order valence-corrected chi connectivity index (χ2v) is 6.74. The van der Waals surface area contributed by atoms with Crippen LogP contribution >= 0.6 is 0 Å². The Bertz CT molecular complexity index is 1050. The van der Waals surface area contributed by atoms with E-state index in [9.17, 15) is 9.59 Å². The summed E-state index contributed by atoms with van der Waals surface area (Å²) in [5.74, 6) is -0.311. The van der Waals surface area contributed by atoms with E-state index >= 15 is 0 Å². The molecule has 5 heteroatoms. The average molecular weight is 348 g/mol. The van der Waals surface area contributed by atoms with Crippen molar-refractivity contribution in [2.45, 2.75) is 39.2 Å². The Morgan fingerprint density at radius 2 is 2.00 bits per heavy atom. The van der Waals surface area contributed by atoms with Gasteiger partial charge in [0.1, 0.15) is 12.3 Å². The molecule has 0 fully saturated rings. The minimum Gasteiger partial charge on any atom is -0.459 e. The monoisotopic (exact) mass is 348 g/mol. The molecule has 0 atom stereocenters. The second kappa shape index (κ2) is 6.75. The van der Waals surface area contributed by atoms with E-state index in [1.54, 1.807) is 6.07 Å². The lowest BCUT2D eigenvalue weighted by atomic mass is 10.0. The van der Waals surface area contributed by atoms with Crippen molar-refractivity contribution >= 4 is 11.6 Å². The number of hydrogen-bond acceptors (Lipinski definition) is 4. The van der Waals surface area contributed by atoms with Crippen LogP contribution in [0.4, 0.5) is 0 Å². The number of aryl methyl sites for hydroxylation is 3. The molecule has 0 N–H and O–H groups in total. The number of pyridine rings is 1.